The summed E-state index contributed by atoms with van der Waals surface area (Å²) < 4.78 is 0. The van der Waals surface area contributed by atoms with Crippen molar-refractivity contribution in [1.29, 1.82) is 0 Å². The average Bonchev–Trinajstić information content (AvgIpc) is 2.28. The van der Waals surface area contributed by atoms with Crippen molar-refractivity contribution in [3.05, 3.63) is 18.2 Å². The van der Waals surface area contributed by atoms with Gasteiger partial charge in [0.15, 0.2) is 0 Å². The van der Waals surface area contributed by atoms with Crippen LogP contribution < -0.4 is 16.4 Å². The molecule has 2 rings (SSSR count). The van der Waals surface area contributed by atoms with E-state index in [9.17, 15) is 4.79 Å². The highest BCUT2D eigenvalue weighted by atomic mass is 32.2. The van der Waals surface area contributed by atoms with Gasteiger partial charge in [-0.05, 0) is 31.2 Å². The maximum Gasteiger partial charge on any atom is 0.237 e. The number of anilines is 2. The predicted octanol–water partition coefficient (Wildman–Crippen LogP) is 1.06. The smallest absolute Gasteiger partial charge is 0.237 e. The van der Waals surface area contributed by atoms with E-state index in [2.05, 4.69) is 0 Å². The van der Waals surface area contributed by atoms with Crippen LogP contribution in [0.25, 0.3) is 0 Å². The second-order valence-electron chi connectivity index (χ2n) is 3.70. The number of carbonyl (C=O) groups excluding carboxylic acids is 1. The summed E-state index contributed by atoms with van der Waals surface area (Å²) in [6.45, 7) is 1.26. The highest BCUT2D eigenvalue weighted by Gasteiger charge is 2.24. The van der Waals surface area contributed by atoms with Gasteiger partial charge in [-0.1, -0.05) is 0 Å². The first kappa shape index (κ1) is 11.3. The summed E-state index contributed by atoms with van der Waals surface area (Å²) >= 11 is 1.56. The fourth-order valence-corrected chi connectivity index (χ4v) is 2.63. The van der Waals surface area contributed by atoms with Crippen molar-refractivity contribution in [3.8, 4) is 0 Å². The minimum Gasteiger partial charge on any atom is -0.399 e. The van der Waals surface area contributed by atoms with E-state index in [1.807, 2.05) is 18.2 Å². The SMILES string of the molecule is NCCCN1C(=O)CSc2ccc(N)cc21. The summed E-state index contributed by atoms with van der Waals surface area (Å²) in [5.41, 5.74) is 12.8. The summed E-state index contributed by atoms with van der Waals surface area (Å²) in [6.07, 6.45) is 0.810. The lowest BCUT2D eigenvalue weighted by Crippen LogP contribution is -2.36. The molecule has 5 heteroatoms. The van der Waals surface area contributed by atoms with Crippen LogP contribution in [-0.4, -0.2) is 24.7 Å². The van der Waals surface area contributed by atoms with E-state index in [1.54, 1.807) is 16.7 Å². The molecule has 1 aliphatic heterocycles. The number of hydrogen-bond acceptors (Lipinski definition) is 4. The van der Waals surface area contributed by atoms with Gasteiger partial charge >= 0.3 is 0 Å². The minimum atomic E-state index is 0.136. The minimum absolute atomic E-state index is 0.136. The lowest BCUT2D eigenvalue weighted by molar-refractivity contribution is -0.116. The Hall–Kier alpha value is -1.20. The molecule has 0 saturated heterocycles. The van der Waals surface area contributed by atoms with E-state index in [0.29, 0.717) is 24.5 Å². The monoisotopic (exact) mass is 237 g/mol. The van der Waals surface area contributed by atoms with Crippen LogP contribution in [0, 0.1) is 0 Å². The second kappa shape index (κ2) is 4.76. The molecular formula is C11H15N3OS. The topological polar surface area (TPSA) is 72.3 Å². The first-order valence-electron chi connectivity index (χ1n) is 5.25. The van der Waals surface area contributed by atoms with Crippen LogP contribution in [0.4, 0.5) is 11.4 Å². The first-order chi connectivity index (χ1) is 7.72. The molecule has 0 aliphatic carbocycles. The third-order valence-electron chi connectivity index (χ3n) is 2.51. The van der Waals surface area contributed by atoms with Gasteiger partial charge in [-0.25, -0.2) is 0 Å². The van der Waals surface area contributed by atoms with Gasteiger partial charge in [-0.15, -0.1) is 11.8 Å². The largest absolute Gasteiger partial charge is 0.399 e. The van der Waals surface area contributed by atoms with Crippen LogP contribution in [0.5, 0.6) is 0 Å². The van der Waals surface area contributed by atoms with Gasteiger partial charge in [0.05, 0.1) is 11.4 Å². The normalized spacial score (nSPS) is 15.1. The van der Waals surface area contributed by atoms with Crippen LogP contribution in [0.15, 0.2) is 23.1 Å². The maximum atomic E-state index is 11.8. The van der Waals surface area contributed by atoms with Crippen molar-refractivity contribution in [1.82, 2.24) is 0 Å². The van der Waals surface area contributed by atoms with E-state index in [0.717, 1.165) is 17.0 Å². The number of benzene rings is 1. The molecule has 16 heavy (non-hydrogen) atoms. The van der Waals surface area contributed by atoms with Crippen LogP contribution in [0.2, 0.25) is 0 Å². The number of fused-ring (bicyclic) bond motifs is 1. The Bertz CT molecular complexity index is 408. The molecule has 4 nitrogen and oxygen atoms in total. The molecule has 1 aliphatic rings. The Morgan fingerprint density at radius 1 is 1.44 bits per heavy atom. The summed E-state index contributed by atoms with van der Waals surface area (Å²) in [5, 5.41) is 0. The first-order valence-corrected chi connectivity index (χ1v) is 6.23. The van der Waals surface area contributed by atoms with Gasteiger partial charge in [0.1, 0.15) is 0 Å². The Morgan fingerprint density at radius 2 is 2.25 bits per heavy atom. The van der Waals surface area contributed by atoms with Crippen molar-refractivity contribution in [2.45, 2.75) is 11.3 Å². The molecular weight excluding hydrogens is 222 g/mol. The molecule has 0 fully saturated rings. The fraction of sp³-hybridized carbons (Fsp3) is 0.364. The van der Waals surface area contributed by atoms with Crippen LogP contribution in [0.3, 0.4) is 0 Å². The number of hydrogen-bond donors (Lipinski definition) is 2. The summed E-state index contributed by atoms with van der Waals surface area (Å²) in [7, 11) is 0. The Morgan fingerprint density at radius 3 is 3.00 bits per heavy atom. The number of rotatable bonds is 3. The van der Waals surface area contributed by atoms with E-state index in [-0.39, 0.29) is 5.91 Å². The summed E-state index contributed by atoms with van der Waals surface area (Å²) in [6, 6.07) is 5.69. The van der Waals surface area contributed by atoms with E-state index < -0.39 is 0 Å². The van der Waals surface area contributed by atoms with Crippen molar-refractivity contribution in [2.75, 3.05) is 29.5 Å². The standard InChI is InChI=1S/C11H15N3OS/c12-4-1-5-14-9-6-8(13)2-3-10(9)16-7-11(14)15/h2-3,6H,1,4-5,7,12-13H2. The molecule has 0 bridgehead atoms. The lowest BCUT2D eigenvalue weighted by atomic mass is 10.2. The van der Waals surface area contributed by atoms with Gasteiger partial charge in [0.2, 0.25) is 5.91 Å². The van der Waals surface area contributed by atoms with Crippen LogP contribution in [-0.2, 0) is 4.79 Å². The predicted molar refractivity (Wildman–Crippen MR) is 67.6 cm³/mol. The quantitative estimate of drug-likeness (QED) is 0.771. The third kappa shape index (κ3) is 2.15. The van der Waals surface area contributed by atoms with Gasteiger partial charge in [0, 0.05) is 17.1 Å². The maximum absolute atomic E-state index is 11.8. The van der Waals surface area contributed by atoms with Gasteiger partial charge < -0.3 is 16.4 Å². The van der Waals surface area contributed by atoms with Crippen LogP contribution >= 0.6 is 11.8 Å². The number of thioether (sulfide) groups is 1. The highest BCUT2D eigenvalue weighted by Crippen LogP contribution is 2.36. The molecule has 0 saturated carbocycles. The van der Waals surface area contributed by atoms with Crippen molar-refractivity contribution in [3.63, 3.8) is 0 Å². The van der Waals surface area contributed by atoms with E-state index in [1.165, 1.54) is 0 Å². The molecule has 0 spiro atoms. The molecule has 0 unspecified atom stereocenters. The number of carbonyl (C=O) groups is 1. The van der Waals surface area contributed by atoms with Crippen LogP contribution in [0.1, 0.15) is 6.42 Å². The zero-order valence-corrected chi connectivity index (χ0v) is 9.80. The molecule has 1 heterocycles. The zero-order valence-electron chi connectivity index (χ0n) is 8.98. The fourth-order valence-electron chi connectivity index (χ4n) is 1.71. The number of nitrogen functional groups attached to an aromatic ring is 1. The molecule has 1 aromatic rings. The molecule has 0 radical (unpaired) electrons. The number of amides is 1. The molecule has 4 N–H and O–H groups in total. The zero-order chi connectivity index (χ0) is 11.5. The molecule has 0 aromatic heterocycles. The lowest BCUT2D eigenvalue weighted by Gasteiger charge is -2.29. The van der Waals surface area contributed by atoms with Gasteiger partial charge in [-0.2, -0.15) is 0 Å². The van der Waals surface area contributed by atoms with Crippen molar-refractivity contribution >= 4 is 29.0 Å². The van der Waals surface area contributed by atoms with E-state index in [4.69, 9.17) is 11.5 Å². The molecule has 1 aromatic carbocycles. The average molecular weight is 237 g/mol. The summed E-state index contributed by atoms with van der Waals surface area (Å²) in [5.74, 6) is 0.637. The Kier molecular flexibility index (Phi) is 3.36. The number of nitrogens with two attached hydrogens (primary N) is 2. The summed E-state index contributed by atoms with van der Waals surface area (Å²) in [4.78, 5) is 14.7. The van der Waals surface area contributed by atoms with Gasteiger partial charge in [-0.3, -0.25) is 4.79 Å². The number of nitrogens with zero attached hydrogens (tertiary/aromatic N) is 1. The molecule has 86 valence electrons. The Balaban J connectivity index is 2.31. The van der Waals surface area contributed by atoms with E-state index >= 15 is 0 Å². The van der Waals surface area contributed by atoms with Gasteiger partial charge in [0.25, 0.3) is 0 Å². The van der Waals surface area contributed by atoms with Crippen molar-refractivity contribution < 1.29 is 4.79 Å². The second-order valence-corrected chi connectivity index (χ2v) is 4.72. The van der Waals surface area contributed by atoms with Crippen molar-refractivity contribution in [2.24, 2.45) is 5.73 Å². The Labute approximate surface area is 99.0 Å². The molecule has 0 atom stereocenters. The third-order valence-corrected chi connectivity index (χ3v) is 3.56. The molecule has 1 amide bonds. The highest BCUT2D eigenvalue weighted by molar-refractivity contribution is 8.00.